The predicted octanol–water partition coefficient (Wildman–Crippen LogP) is 3.16. The Morgan fingerprint density at radius 3 is 2.13 bits per heavy atom. The summed E-state index contributed by atoms with van der Waals surface area (Å²) >= 11 is 0. The molecule has 0 aromatic heterocycles. The Morgan fingerprint density at radius 1 is 1.16 bits per heavy atom. The molecule has 1 unspecified atom stereocenters. The van der Waals surface area contributed by atoms with Gasteiger partial charge >= 0.3 is 18.4 Å². The Hall–Kier alpha value is -1.28. The highest BCUT2D eigenvalue weighted by Gasteiger charge is 2.60. The lowest BCUT2D eigenvalue weighted by Crippen LogP contribution is -2.51. The molecule has 1 spiro atoms. The van der Waals surface area contributed by atoms with Crippen molar-refractivity contribution in [1.29, 1.82) is 0 Å². The van der Waals surface area contributed by atoms with Crippen LogP contribution in [0.5, 0.6) is 0 Å². The van der Waals surface area contributed by atoms with Crippen molar-refractivity contribution in [2.45, 2.75) is 63.2 Å². The van der Waals surface area contributed by atoms with E-state index in [1.54, 1.807) is 13.8 Å². The number of carbonyl (C=O) groups excluding carboxylic acids is 1. The van der Waals surface area contributed by atoms with Gasteiger partial charge in [-0.2, -0.15) is 30.6 Å². The van der Waals surface area contributed by atoms with E-state index in [0.717, 1.165) is 4.90 Å². The zero-order chi connectivity index (χ0) is 23.8. The number of hydrogen-bond donors (Lipinski definition) is 0. The molecule has 2 aliphatic rings. The molecule has 1 atom stereocenters. The van der Waals surface area contributed by atoms with Crippen LogP contribution in [0, 0.1) is 5.92 Å². The zero-order valence-corrected chi connectivity index (χ0v) is 18.1. The molecule has 0 aromatic rings. The number of hydrogen-bond acceptors (Lipinski definition) is 5. The minimum absolute atomic E-state index is 0.0355. The molecule has 1 amide bonds. The topological polar surface area (TPSA) is 76.2 Å². The highest BCUT2D eigenvalue weighted by Crippen LogP contribution is 2.39. The Kier molecular flexibility index (Phi) is 7.48. The molecule has 2 rings (SSSR count). The fourth-order valence-corrected chi connectivity index (χ4v) is 5.43. The number of nitrogens with zero attached hydrogens (tertiary/aromatic N) is 2. The van der Waals surface area contributed by atoms with Crippen LogP contribution in [0.25, 0.3) is 0 Å². The van der Waals surface area contributed by atoms with Crippen LogP contribution >= 0.6 is 0 Å². The Bertz CT molecular complexity index is 733. The van der Waals surface area contributed by atoms with Gasteiger partial charge in [0.15, 0.2) is 0 Å². The van der Waals surface area contributed by atoms with Crippen LogP contribution in [0.3, 0.4) is 0 Å². The van der Waals surface area contributed by atoms with Crippen LogP contribution in [0.4, 0.5) is 31.1 Å². The molecule has 2 heterocycles. The third kappa shape index (κ3) is 6.37. The van der Waals surface area contributed by atoms with E-state index < -0.39 is 46.2 Å². The van der Waals surface area contributed by atoms with Crippen molar-refractivity contribution in [1.82, 2.24) is 9.21 Å². The van der Waals surface area contributed by atoms with Crippen LogP contribution in [0.1, 0.15) is 33.1 Å². The lowest BCUT2D eigenvalue weighted by atomic mass is 9.87. The molecule has 2 saturated heterocycles. The number of alkyl halides is 6. The van der Waals surface area contributed by atoms with Gasteiger partial charge in [0, 0.05) is 20.1 Å². The fourth-order valence-electron chi connectivity index (χ4n) is 3.76. The van der Waals surface area contributed by atoms with Gasteiger partial charge in [-0.25, -0.2) is 13.2 Å². The van der Waals surface area contributed by atoms with Crippen molar-refractivity contribution < 1.29 is 49.0 Å². The molecule has 0 N–H and O–H groups in total. The van der Waals surface area contributed by atoms with Gasteiger partial charge in [0.1, 0.15) is 0 Å². The maximum Gasteiger partial charge on any atom is 0.434 e. The van der Waals surface area contributed by atoms with Gasteiger partial charge < -0.3 is 14.4 Å². The maximum atomic E-state index is 12.6. The van der Waals surface area contributed by atoms with Crippen LogP contribution in [-0.4, -0.2) is 86.3 Å². The van der Waals surface area contributed by atoms with Crippen LogP contribution in [0.2, 0.25) is 0 Å². The monoisotopic (exact) mass is 484 g/mol. The van der Waals surface area contributed by atoms with Gasteiger partial charge in [-0.1, -0.05) is 13.8 Å². The molecule has 14 heteroatoms. The van der Waals surface area contributed by atoms with E-state index in [4.69, 9.17) is 4.74 Å². The third-order valence-electron chi connectivity index (χ3n) is 5.43. The number of amides is 1. The number of halogens is 6. The summed E-state index contributed by atoms with van der Waals surface area (Å²) in [4.78, 5) is 12.7. The summed E-state index contributed by atoms with van der Waals surface area (Å²) in [6.07, 6.45) is -16.9. The zero-order valence-electron chi connectivity index (χ0n) is 17.3. The maximum absolute atomic E-state index is 12.6. The SMILES string of the molecule is CC(C)CS(=O)(=O)N(C)C1COC2(CCN(C(=O)OC(C(F)(F)F)C(F)(F)F)CC2)C1. The van der Waals surface area contributed by atoms with E-state index in [-0.39, 0.29) is 44.2 Å². The smallest absolute Gasteiger partial charge is 0.426 e. The summed E-state index contributed by atoms with van der Waals surface area (Å²) in [7, 11) is -2.06. The second kappa shape index (κ2) is 8.93. The van der Waals surface area contributed by atoms with Crippen molar-refractivity contribution >= 4 is 16.1 Å². The number of carbonyl (C=O) groups is 1. The minimum atomic E-state index is -5.78. The van der Waals surface area contributed by atoms with E-state index in [1.165, 1.54) is 11.4 Å². The van der Waals surface area contributed by atoms with E-state index in [1.807, 2.05) is 0 Å². The predicted molar refractivity (Wildman–Crippen MR) is 96.7 cm³/mol. The number of rotatable bonds is 5. The first-order valence-electron chi connectivity index (χ1n) is 9.65. The van der Waals surface area contributed by atoms with E-state index in [0.29, 0.717) is 6.42 Å². The van der Waals surface area contributed by atoms with Gasteiger partial charge in [-0.05, 0) is 25.2 Å². The Labute approximate surface area is 176 Å². The van der Waals surface area contributed by atoms with E-state index >= 15 is 0 Å². The fraction of sp³-hybridized carbons (Fsp3) is 0.941. The number of ether oxygens (including phenoxy) is 2. The first-order chi connectivity index (χ1) is 14.0. The van der Waals surface area contributed by atoms with Crippen molar-refractivity contribution in [3.63, 3.8) is 0 Å². The summed E-state index contributed by atoms with van der Waals surface area (Å²) < 4.78 is 111. The van der Waals surface area contributed by atoms with Gasteiger partial charge in [0.25, 0.3) is 6.10 Å². The second-order valence-electron chi connectivity index (χ2n) is 8.37. The molecule has 0 bridgehead atoms. The molecule has 0 radical (unpaired) electrons. The van der Waals surface area contributed by atoms with Gasteiger partial charge in [0.2, 0.25) is 10.0 Å². The first-order valence-corrected chi connectivity index (χ1v) is 11.3. The lowest BCUT2D eigenvalue weighted by Gasteiger charge is -2.39. The van der Waals surface area contributed by atoms with E-state index in [9.17, 15) is 39.6 Å². The molecule has 7 nitrogen and oxygen atoms in total. The van der Waals surface area contributed by atoms with Crippen molar-refractivity contribution in [2.75, 3.05) is 32.5 Å². The van der Waals surface area contributed by atoms with Crippen LogP contribution in [0.15, 0.2) is 0 Å². The highest BCUT2D eigenvalue weighted by atomic mass is 32.2. The summed E-state index contributed by atoms with van der Waals surface area (Å²) in [5.41, 5.74) is -0.795. The largest absolute Gasteiger partial charge is 0.434 e. The summed E-state index contributed by atoms with van der Waals surface area (Å²) in [6.45, 7) is 3.32. The van der Waals surface area contributed by atoms with Crippen LogP contribution < -0.4 is 0 Å². The molecule has 2 aliphatic heterocycles. The molecular weight excluding hydrogens is 458 g/mol. The van der Waals surface area contributed by atoms with Gasteiger partial charge in [-0.15, -0.1) is 0 Å². The second-order valence-corrected chi connectivity index (χ2v) is 10.4. The summed E-state index contributed by atoms with van der Waals surface area (Å²) in [5.74, 6) is -0.109. The Morgan fingerprint density at radius 2 is 1.68 bits per heavy atom. The van der Waals surface area contributed by atoms with Crippen molar-refractivity contribution in [3.05, 3.63) is 0 Å². The third-order valence-corrected chi connectivity index (χ3v) is 7.70. The van der Waals surface area contributed by atoms with Crippen molar-refractivity contribution in [2.24, 2.45) is 5.92 Å². The van der Waals surface area contributed by atoms with Crippen molar-refractivity contribution in [3.8, 4) is 0 Å². The highest BCUT2D eigenvalue weighted by molar-refractivity contribution is 7.89. The van der Waals surface area contributed by atoms with E-state index in [2.05, 4.69) is 4.74 Å². The molecule has 0 aromatic carbocycles. The quantitative estimate of drug-likeness (QED) is 0.561. The number of likely N-dealkylation sites (N-methyl/N-ethyl adjacent to an activating group) is 1. The normalized spacial score (nSPS) is 22.7. The molecular formula is C17H26F6N2O5S. The van der Waals surface area contributed by atoms with Gasteiger partial charge in [0.05, 0.1) is 24.0 Å². The van der Waals surface area contributed by atoms with Crippen LogP contribution in [-0.2, 0) is 19.5 Å². The number of sulfonamides is 1. The molecule has 31 heavy (non-hydrogen) atoms. The molecule has 0 aliphatic carbocycles. The summed E-state index contributed by atoms with van der Waals surface area (Å²) in [5, 5.41) is 0. The average molecular weight is 484 g/mol. The summed E-state index contributed by atoms with van der Waals surface area (Å²) in [6, 6.07) is -0.443. The molecule has 0 saturated carbocycles. The average Bonchev–Trinajstić information content (AvgIpc) is 2.99. The molecule has 2 fully saturated rings. The molecule has 182 valence electrons. The number of piperidine rings is 1. The van der Waals surface area contributed by atoms with Gasteiger partial charge in [-0.3, -0.25) is 0 Å². The minimum Gasteiger partial charge on any atom is -0.426 e. The first kappa shape index (κ1) is 26.0. The number of likely N-dealkylation sites (tertiary alicyclic amines) is 1. The lowest BCUT2D eigenvalue weighted by molar-refractivity contribution is -0.308. The Balaban J connectivity index is 1.96. The standard InChI is InChI=1S/C17H26F6N2O5S/c1-11(2)10-31(27,28)24(3)12-8-15(29-9-12)4-6-25(7-5-15)14(26)30-13(16(18,19)20)17(21,22)23/h11-13H,4-10H2,1-3H3.